The van der Waals surface area contributed by atoms with E-state index in [-0.39, 0.29) is 0 Å². The van der Waals surface area contributed by atoms with Crippen molar-refractivity contribution in [3.63, 3.8) is 0 Å². The van der Waals surface area contributed by atoms with Gasteiger partial charge in [0.15, 0.2) is 0 Å². The summed E-state index contributed by atoms with van der Waals surface area (Å²) in [7, 11) is 0. The Morgan fingerprint density at radius 2 is 2.00 bits per heavy atom. The summed E-state index contributed by atoms with van der Waals surface area (Å²) in [5.41, 5.74) is 8.21. The first-order chi connectivity index (χ1) is 9.33. The van der Waals surface area contributed by atoms with Gasteiger partial charge in [-0.05, 0) is 42.7 Å². The van der Waals surface area contributed by atoms with E-state index in [9.17, 15) is 0 Å². The Bertz CT molecular complexity index is 513. The second kappa shape index (κ2) is 5.41. The molecule has 1 radical (unpaired) electrons. The van der Waals surface area contributed by atoms with Crippen LogP contribution in [0, 0.1) is 6.07 Å². The lowest BCUT2D eigenvalue weighted by Crippen LogP contribution is -2.40. The highest BCUT2D eigenvalue weighted by atomic mass is 15.2. The maximum Gasteiger partial charge on any atom is 0.128 e. The van der Waals surface area contributed by atoms with Crippen LogP contribution in [0.4, 0.5) is 5.82 Å². The van der Waals surface area contributed by atoms with Crippen LogP contribution in [-0.4, -0.2) is 24.1 Å². The van der Waals surface area contributed by atoms with Gasteiger partial charge in [-0.1, -0.05) is 18.2 Å². The molecule has 3 rings (SSSR count). The van der Waals surface area contributed by atoms with Crippen LogP contribution in [0.1, 0.15) is 12.8 Å². The SMILES string of the molecule is NC1CCN(c2ccc(-c3c[c]ccc3)cn2)CC1. The molecule has 0 unspecified atom stereocenters. The lowest BCUT2D eigenvalue weighted by atomic mass is 10.1. The summed E-state index contributed by atoms with van der Waals surface area (Å²) in [6, 6.07) is 15.6. The molecule has 19 heavy (non-hydrogen) atoms. The first kappa shape index (κ1) is 12.2. The van der Waals surface area contributed by atoms with Crippen molar-refractivity contribution in [2.45, 2.75) is 18.9 Å². The van der Waals surface area contributed by atoms with Crippen molar-refractivity contribution in [3.8, 4) is 11.1 Å². The fraction of sp³-hybridized carbons (Fsp3) is 0.312. The van der Waals surface area contributed by atoms with E-state index in [1.165, 1.54) is 0 Å². The molecule has 1 aromatic heterocycles. The van der Waals surface area contributed by atoms with Crippen LogP contribution in [-0.2, 0) is 0 Å². The van der Waals surface area contributed by atoms with Gasteiger partial charge in [-0.2, -0.15) is 0 Å². The third-order valence-corrected chi connectivity index (χ3v) is 3.65. The van der Waals surface area contributed by atoms with E-state index in [0.29, 0.717) is 6.04 Å². The predicted octanol–water partition coefficient (Wildman–Crippen LogP) is 2.48. The minimum atomic E-state index is 0.357. The number of piperidine rings is 1. The van der Waals surface area contributed by atoms with Crippen LogP contribution in [0.25, 0.3) is 11.1 Å². The zero-order valence-electron chi connectivity index (χ0n) is 10.9. The monoisotopic (exact) mass is 252 g/mol. The Morgan fingerprint density at radius 3 is 2.63 bits per heavy atom. The molecule has 0 atom stereocenters. The second-order valence-corrected chi connectivity index (χ2v) is 5.02. The molecule has 1 aliphatic rings. The molecular formula is C16H18N3. The molecule has 0 saturated carbocycles. The average molecular weight is 252 g/mol. The van der Waals surface area contributed by atoms with Crippen molar-refractivity contribution in [3.05, 3.63) is 48.7 Å². The number of aromatic nitrogens is 1. The highest BCUT2D eigenvalue weighted by Gasteiger charge is 2.16. The van der Waals surface area contributed by atoms with Crippen LogP contribution >= 0.6 is 0 Å². The van der Waals surface area contributed by atoms with E-state index in [1.807, 2.05) is 24.4 Å². The number of nitrogens with two attached hydrogens (primary N) is 1. The molecule has 1 aliphatic heterocycles. The van der Waals surface area contributed by atoms with Crippen LogP contribution in [0.5, 0.6) is 0 Å². The molecule has 1 aromatic carbocycles. The van der Waals surface area contributed by atoms with Crippen molar-refractivity contribution >= 4 is 5.82 Å². The summed E-state index contributed by atoms with van der Waals surface area (Å²) in [6.45, 7) is 2.01. The fourth-order valence-corrected chi connectivity index (χ4v) is 2.45. The average Bonchev–Trinajstić information content (AvgIpc) is 2.49. The first-order valence-electron chi connectivity index (χ1n) is 6.76. The minimum absolute atomic E-state index is 0.357. The lowest BCUT2D eigenvalue weighted by Gasteiger charge is -2.31. The highest BCUT2D eigenvalue weighted by Crippen LogP contribution is 2.22. The van der Waals surface area contributed by atoms with E-state index in [0.717, 1.165) is 42.9 Å². The Hall–Kier alpha value is -1.87. The Morgan fingerprint density at radius 1 is 1.16 bits per heavy atom. The van der Waals surface area contributed by atoms with Gasteiger partial charge in [0.25, 0.3) is 0 Å². The van der Waals surface area contributed by atoms with Crippen LogP contribution in [0.3, 0.4) is 0 Å². The Labute approximate surface area is 114 Å². The molecule has 1 saturated heterocycles. The van der Waals surface area contributed by atoms with Gasteiger partial charge >= 0.3 is 0 Å². The molecular weight excluding hydrogens is 234 g/mol. The molecule has 97 valence electrons. The summed E-state index contributed by atoms with van der Waals surface area (Å²) in [6.07, 6.45) is 4.04. The van der Waals surface area contributed by atoms with Gasteiger partial charge in [0.2, 0.25) is 0 Å². The predicted molar refractivity (Wildman–Crippen MR) is 77.9 cm³/mol. The summed E-state index contributed by atoms with van der Waals surface area (Å²) in [5.74, 6) is 1.05. The van der Waals surface area contributed by atoms with Gasteiger partial charge in [-0.3, -0.25) is 0 Å². The Kier molecular flexibility index (Phi) is 3.47. The lowest BCUT2D eigenvalue weighted by molar-refractivity contribution is 0.498. The Balaban J connectivity index is 1.76. The van der Waals surface area contributed by atoms with Crippen molar-refractivity contribution in [1.29, 1.82) is 0 Å². The van der Waals surface area contributed by atoms with Crippen molar-refractivity contribution in [1.82, 2.24) is 4.98 Å². The number of rotatable bonds is 2. The smallest absolute Gasteiger partial charge is 0.128 e. The molecule has 0 amide bonds. The summed E-state index contributed by atoms with van der Waals surface area (Å²) < 4.78 is 0. The molecule has 3 nitrogen and oxygen atoms in total. The standard InChI is InChI=1S/C16H18N3/c17-15-8-10-19(11-9-15)16-7-6-14(12-18-16)13-4-2-1-3-5-13/h1-2,4-7,12,15H,8-11,17H2. The summed E-state index contributed by atoms with van der Waals surface area (Å²) >= 11 is 0. The molecule has 0 spiro atoms. The molecule has 2 aromatic rings. The third kappa shape index (κ3) is 2.76. The van der Waals surface area contributed by atoms with Gasteiger partial charge in [-0.25, -0.2) is 4.98 Å². The van der Waals surface area contributed by atoms with E-state index < -0.39 is 0 Å². The number of hydrogen-bond acceptors (Lipinski definition) is 3. The number of pyridine rings is 1. The van der Waals surface area contributed by atoms with Crippen LogP contribution < -0.4 is 10.6 Å². The van der Waals surface area contributed by atoms with Gasteiger partial charge in [0, 0.05) is 30.9 Å². The van der Waals surface area contributed by atoms with Gasteiger partial charge in [0.05, 0.1) is 0 Å². The van der Waals surface area contributed by atoms with E-state index in [4.69, 9.17) is 5.73 Å². The van der Waals surface area contributed by atoms with Crippen LogP contribution in [0.2, 0.25) is 0 Å². The van der Waals surface area contributed by atoms with Crippen molar-refractivity contribution < 1.29 is 0 Å². The van der Waals surface area contributed by atoms with E-state index in [2.05, 4.69) is 34.1 Å². The third-order valence-electron chi connectivity index (χ3n) is 3.65. The quantitative estimate of drug-likeness (QED) is 0.892. The van der Waals surface area contributed by atoms with Gasteiger partial charge in [-0.15, -0.1) is 0 Å². The van der Waals surface area contributed by atoms with Crippen LogP contribution in [0.15, 0.2) is 42.6 Å². The summed E-state index contributed by atoms with van der Waals surface area (Å²) in [5, 5.41) is 0. The minimum Gasteiger partial charge on any atom is -0.357 e. The normalized spacial score (nSPS) is 16.6. The largest absolute Gasteiger partial charge is 0.357 e. The van der Waals surface area contributed by atoms with Gasteiger partial charge in [0.1, 0.15) is 5.82 Å². The molecule has 2 heterocycles. The number of benzene rings is 1. The fourth-order valence-electron chi connectivity index (χ4n) is 2.45. The van der Waals surface area contributed by atoms with Gasteiger partial charge < -0.3 is 10.6 Å². The van der Waals surface area contributed by atoms with Crippen molar-refractivity contribution in [2.75, 3.05) is 18.0 Å². The zero-order valence-corrected chi connectivity index (χ0v) is 10.9. The maximum atomic E-state index is 5.92. The molecule has 0 aliphatic carbocycles. The van der Waals surface area contributed by atoms with E-state index >= 15 is 0 Å². The second-order valence-electron chi connectivity index (χ2n) is 5.02. The zero-order chi connectivity index (χ0) is 13.1. The molecule has 3 heteroatoms. The summed E-state index contributed by atoms with van der Waals surface area (Å²) in [4.78, 5) is 6.88. The number of hydrogen-bond donors (Lipinski definition) is 1. The molecule has 0 bridgehead atoms. The molecule has 1 fully saturated rings. The highest BCUT2D eigenvalue weighted by molar-refractivity contribution is 5.63. The van der Waals surface area contributed by atoms with Crippen molar-refractivity contribution in [2.24, 2.45) is 5.73 Å². The maximum absolute atomic E-state index is 5.92. The van der Waals surface area contributed by atoms with E-state index in [1.54, 1.807) is 0 Å². The topological polar surface area (TPSA) is 42.1 Å². The molecule has 2 N–H and O–H groups in total. The first-order valence-corrected chi connectivity index (χ1v) is 6.76. The number of nitrogens with zero attached hydrogens (tertiary/aromatic N) is 2. The number of anilines is 1.